The second-order valence-electron chi connectivity index (χ2n) is 17.8. The number of allylic oxidation sites excluding steroid dienone is 10. The molecule has 0 amide bonds. The van der Waals surface area contributed by atoms with E-state index < -0.39 is 6.10 Å². The molecule has 0 aliphatic heterocycles. The smallest absolute Gasteiger partial charge is 0.306 e. The van der Waals surface area contributed by atoms with E-state index in [1.165, 1.54) is 122 Å². The molecule has 0 spiro atoms. The minimum Gasteiger partial charge on any atom is -0.462 e. The Labute approximate surface area is 390 Å². The molecule has 1 atom stereocenters. The van der Waals surface area contributed by atoms with Gasteiger partial charge >= 0.3 is 17.9 Å². The molecule has 0 aromatic carbocycles. The van der Waals surface area contributed by atoms with Gasteiger partial charge in [-0.05, 0) is 83.5 Å². The quantitative estimate of drug-likeness (QED) is 0.0262. The van der Waals surface area contributed by atoms with E-state index in [9.17, 15) is 14.4 Å². The Morgan fingerprint density at radius 3 is 1.02 bits per heavy atom. The topological polar surface area (TPSA) is 78.9 Å². The zero-order chi connectivity index (χ0) is 45.8. The molecule has 0 aromatic heterocycles. The summed E-state index contributed by atoms with van der Waals surface area (Å²) in [5.74, 6) is -0.889. The van der Waals surface area contributed by atoms with Gasteiger partial charge in [0.1, 0.15) is 13.2 Å². The van der Waals surface area contributed by atoms with Gasteiger partial charge in [-0.3, -0.25) is 14.4 Å². The van der Waals surface area contributed by atoms with Gasteiger partial charge in [0.15, 0.2) is 6.10 Å². The van der Waals surface area contributed by atoms with Crippen molar-refractivity contribution in [1.82, 2.24) is 0 Å². The van der Waals surface area contributed by atoms with Crippen molar-refractivity contribution in [2.75, 3.05) is 13.2 Å². The van der Waals surface area contributed by atoms with Crippen LogP contribution in [0.15, 0.2) is 60.8 Å². The molecule has 6 nitrogen and oxygen atoms in total. The number of rotatable bonds is 48. The van der Waals surface area contributed by atoms with Crippen LogP contribution in [0.25, 0.3) is 0 Å². The average molecular weight is 881 g/mol. The molecule has 0 saturated heterocycles. The van der Waals surface area contributed by atoms with Crippen molar-refractivity contribution >= 4 is 17.9 Å². The van der Waals surface area contributed by atoms with Gasteiger partial charge in [0.2, 0.25) is 0 Å². The highest BCUT2D eigenvalue weighted by Gasteiger charge is 2.19. The van der Waals surface area contributed by atoms with Gasteiger partial charge in [-0.2, -0.15) is 0 Å². The molecule has 0 aromatic rings. The lowest BCUT2D eigenvalue weighted by Gasteiger charge is -2.18. The van der Waals surface area contributed by atoms with Crippen LogP contribution in [0.2, 0.25) is 0 Å². The normalized spacial score (nSPS) is 12.5. The Balaban J connectivity index is 4.32. The van der Waals surface area contributed by atoms with E-state index in [1.807, 2.05) is 0 Å². The molecule has 63 heavy (non-hydrogen) atoms. The van der Waals surface area contributed by atoms with E-state index in [0.717, 1.165) is 103 Å². The van der Waals surface area contributed by atoms with Crippen molar-refractivity contribution in [2.45, 2.75) is 271 Å². The van der Waals surface area contributed by atoms with Crippen LogP contribution in [0.3, 0.4) is 0 Å². The van der Waals surface area contributed by atoms with E-state index >= 15 is 0 Å². The lowest BCUT2D eigenvalue weighted by atomic mass is 10.0. The van der Waals surface area contributed by atoms with E-state index in [1.54, 1.807) is 0 Å². The van der Waals surface area contributed by atoms with Gasteiger partial charge in [0.25, 0.3) is 0 Å². The molecule has 0 bridgehead atoms. The second-order valence-corrected chi connectivity index (χ2v) is 17.8. The maximum atomic E-state index is 12.8. The number of carbonyl (C=O) groups excluding carboxylic acids is 3. The third-order valence-electron chi connectivity index (χ3n) is 11.5. The van der Waals surface area contributed by atoms with Crippen molar-refractivity contribution in [3.8, 4) is 0 Å². The molecule has 1 unspecified atom stereocenters. The van der Waals surface area contributed by atoms with Crippen LogP contribution >= 0.6 is 0 Å². The first-order chi connectivity index (χ1) is 31.0. The van der Waals surface area contributed by atoms with Crippen LogP contribution < -0.4 is 0 Å². The molecule has 0 radical (unpaired) electrons. The Morgan fingerprint density at radius 1 is 0.333 bits per heavy atom. The third kappa shape index (κ3) is 50.0. The van der Waals surface area contributed by atoms with E-state index in [4.69, 9.17) is 14.2 Å². The summed E-state index contributed by atoms with van der Waals surface area (Å²) in [7, 11) is 0. The molecule has 0 rings (SSSR count). The highest BCUT2D eigenvalue weighted by Crippen LogP contribution is 2.15. The number of hydrogen-bond acceptors (Lipinski definition) is 6. The van der Waals surface area contributed by atoms with Crippen molar-refractivity contribution in [3.63, 3.8) is 0 Å². The van der Waals surface area contributed by atoms with Gasteiger partial charge in [0, 0.05) is 19.3 Å². The van der Waals surface area contributed by atoms with Gasteiger partial charge < -0.3 is 14.2 Å². The lowest BCUT2D eigenvalue weighted by Crippen LogP contribution is -2.30. The van der Waals surface area contributed by atoms with Gasteiger partial charge in [0.05, 0.1) is 0 Å². The summed E-state index contributed by atoms with van der Waals surface area (Å²) in [6.45, 7) is 6.50. The first-order valence-electron chi connectivity index (χ1n) is 26.8. The van der Waals surface area contributed by atoms with E-state index in [2.05, 4.69) is 81.5 Å². The summed E-state index contributed by atoms with van der Waals surface area (Å²) in [6, 6.07) is 0. The summed E-state index contributed by atoms with van der Waals surface area (Å²) in [5.41, 5.74) is 0. The monoisotopic (exact) mass is 881 g/mol. The fourth-order valence-electron chi connectivity index (χ4n) is 7.49. The average Bonchev–Trinajstić information content (AvgIpc) is 3.28. The fraction of sp³-hybridized carbons (Fsp3) is 0.772. The van der Waals surface area contributed by atoms with Gasteiger partial charge in [-0.25, -0.2) is 0 Å². The second kappa shape index (κ2) is 51.7. The van der Waals surface area contributed by atoms with Crippen LogP contribution in [-0.4, -0.2) is 37.2 Å². The zero-order valence-electron chi connectivity index (χ0n) is 41.6. The van der Waals surface area contributed by atoms with E-state index in [0.29, 0.717) is 19.3 Å². The van der Waals surface area contributed by atoms with Crippen molar-refractivity contribution < 1.29 is 28.6 Å². The molecular weight excluding hydrogens is 781 g/mol. The summed E-state index contributed by atoms with van der Waals surface area (Å²) >= 11 is 0. The number of unbranched alkanes of at least 4 members (excludes halogenated alkanes) is 27. The molecule has 6 heteroatoms. The minimum atomic E-state index is -0.778. The van der Waals surface area contributed by atoms with Crippen molar-refractivity contribution in [2.24, 2.45) is 0 Å². The summed E-state index contributed by atoms with van der Waals surface area (Å²) in [4.78, 5) is 38.0. The number of carbonyl (C=O) groups is 3. The maximum absolute atomic E-state index is 12.8. The minimum absolute atomic E-state index is 0.0779. The molecule has 0 saturated carbocycles. The largest absolute Gasteiger partial charge is 0.462 e. The van der Waals surface area contributed by atoms with Crippen LogP contribution in [0, 0.1) is 0 Å². The predicted molar refractivity (Wildman–Crippen MR) is 270 cm³/mol. The highest BCUT2D eigenvalue weighted by atomic mass is 16.6. The van der Waals surface area contributed by atoms with Crippen LogP contribution in [0.1, 0.15) is 265 Å². The summed E-state index contributed by atoms with van der Waals surface area (Å²) in [6.07, 6.45) is 63.5. The van der Waals surface area contributed by atoms with Gasteiger partial charge in [-0.15, -0.1) is 0 Å². The molecule has 364 valence electrons. The van der Waals surface area contributed by atoms with Crippen LogP contribution in [0.4, 0.5) is 0 Å². The van der Waals surface area contributed by atoms with E-state index in [-0.39, 0.29) is 31.1 Å². The molecule has 0 aliphatic rings. The lowest BCUT2D eigenvalue weighted by molar-refractivity contribution is -0.167. The number of esters is 3. The fourth-order valence-corrected chi connectivity index (χ4v) is 7.49. The van der Waals surface area contributed by atoms with Crippen LogP contribution in [0.5, 0.6) is 0 Å². The standard InChI is InChI=1S/C57H100O6/c1-4-7-10-13-16-19-22-25-26-27-28-29-30-31-32-33-36-38-41-44-47-50-56(59)62-53-54(63-57(60)51-48-45-42-39-35-24-21-18-15-12-9-6-3)52-61-55(58)49-46-43-40-37-34-23-20-17-14-11-8-5-2/h7,10,16,18-19,21,25-26,28-29,54H,4-6,8-9,11-15,17,20,22-24,27,30-53H2,1-3H3/b10-7-,19-16-,21-18-,26-25-,29-28-. The Morgan fingerprint density at radius 2 is 0.619 bits per heavy atom. The first-order valence-corrected chi connectivity index (χ1v) is 26.8. The Hall–Kier alpha value is -2.89. The SMILES string of the molecule is CC/C=C\C/C=C\C/C=C\C/C=C\CCCCCCCCCCC(=O)OCC(COC(=O)CCCCCCCCCCCCCC)OC(=O)CCCCCCC/C=C\CCCCC. The predicted octanol–water partition coefficient (Wildman–Crippen LogP) is 17.6. The number of hydrogen-bond donors (Lipinski definition) is 0. The first kappa shape index (κ1) is 60.1. The molecular formula is C57H100O6. The Bertz CT molecular complexity index is 1150. The number of ether oxygens (including phenoxy) is 3. The van der Waals surface area contributed by atoms with Crippen LogP contribution in [-0.2, 0) is 28.6 Å². The zero-order valence-corrected chi connectivity index (χ0v) is 41.6. The third-order valence-corrected chi connectivity index (χ3v) is 11.5. The molecule has 0 fully saturated rings. The molecule has 0 N–H and O–H groups in total. The van der Waals surface area contributed by atoms with Crippen molar-refractivity contribution in [3.05, 3.63) is 60.8 Å². The molecule has 0 aliphatic carbocycles. The highest BCUT2D eigenvalue weighted by molar-refractivity contribution is 5.71. The maximum Gasteiger partial charge on any atom is 0.306 e. The summed E-state index contributed by atoms with van der Waals surface area (Å²) < 4.78 is 16.8. The van der Waals surface area contributed by atoms with Gasteiger partial charge in [-0.1, -0.05) is 223 Å². The summed E-state index contributed by atoms with van der Waals surface area (Å²) in [5, 5.41) is 0. The molecule has 0 heterocycles. The van der Waals surface area contributed by atoms with Crippen molar-refractivity contribution in [1.29, 1.82) is 0 Å². The Kier molecular flexibility index (Phi) is 49.4.